The van der Waals surface area contributed by atoms with Crippen LogP contribution >= 0.6 is 0 Å². The van der Waals surface area contributed by atoms with Gasteiger partial charge in [0.2, 0.25) is 11.6 Å². The number of ketones is 2. The van der Waals surface area contributed by atoms with E-state index in [4.69, 9.17) is 9.47 Å². The number of hydrogen-bond acceptors (Lipinski definition) is 4. The van der Waals surface area contributed by atoms with Crippen molar-refractivity contribution in [3.05, 3.63) is 48.0 Å². The van der Waals surface area contributed by atoms with Crippen LogP contribution in [0.5, 0.6) is 0 Å². The monoisotopic (exact) mass is 356 g/mol. The first kappa shape index (κ1) is 18.7. The molecule has 0 amide bonds. The van der Waals surface area contributed by atoms with Crippen molar-refractivity contribution in [1.82, 2.24) is 0 Å². The maximum atomic E-state index is 12.3. The standard InChI is InChI=1S/C22H28O4/c1-21-13-9-5-3-8-12-18-16-20(24)22(2,26-18)14-10-6-4-7-11-17(25-21)15-19(21)23/h7-8,11-12,15-16H,3-6,9-10,13-14H2,1-2H3/b11-7-,12-8-/t21-,22-/m0/s1. The largest absolute Gasteiger partial charge is 0.479 e. The van der Waals surface area contributed by atoms with Gasteiger partial charge >= 0.3 is 0 Å². The van der Waals surface area contributed by atoms with E-state index in [2.05, 4.69) is 0 Å². The second-order valence-electron chi connectivity index (χ2n) is 7.78. The van der Waals surface area contributed by atoms with Crippen LogP contribution in [0.25, 0.3) is 0 Å². The lowest BCUT2D eigenvalue weighted by molar-refractivity contribution is -0.129. The number of allylic oxidation sites excluding steroid dienone is 4. The number of ether oxygens (including phenoxy) is 2. The van der Waals surface area contributed by atoms with Gasteiger partial charge in [0, 0.05) is 12.2 Å². The van der Waals surface area contributed by atoms with Gasteiger partial charge < -0.3 is 9.47 Å². The van der Waals surface area contributed by atoms with Gasteiger partial charge in [0.1, 0.15) is 11.5 Å². The molecule has 0 radical (unpaired) electrons. The van der Waals surface area contributed by atoms with E-state index in [-0.39, 0.29) is 11.6 Å². The lowest BCUT2D eigenvalue weighted by Crippen LogP contribution is -2.32. The summed E-state index contributed by atoms with van der Waals surface area (Å²) in [5.74, 6) is 1.45. The van der Waals surface area contributed by atoms with Crippen LogP contribution in [-0.4, -0.2) is 22.8 Å². The van der Waals surface area contributed by atoms with Crippen molar-refractivity contribution in [3.8, 4) is 0 Å². The number of carbonyl (C=O) groups excluding carboxylic acids is 2. The smallest absolute Gasteiger partial charge is 0.202 e. The van der Waals surface area contributed by atoms with Gasteiger partial charge in [-0.05, 0) is 77.4 Å². The maximum absolute atomic E-state index is 12.3. The summed E-state index contributed by atoms with van der Waals surface area (Å²) >= 11 is 0. The lowest BCUT2D eigenvalue weighted by atomic mass is 9.94. The number of hydrogen-bond donors (Lipinski definition) is 0. The minimum Gasteiger partial charge on any atom is -0.479 e. The van der Waals surface area contributed by atoms with E-state index in [0.717, 1.165) is 38.5 Å². The zero-order valence-electron chi connectivity index (χ0n) is 15.8. The Morgan fingerprint density at radius 2 is 1.15 bits per heavy atom. The summed E-state index contributed by atoms with van der Waals surface area (Å²) in [7, 11) is 0. The molecule has 0 aromatic rings. The molecule has 0 saturated heterocycles. The Hall–Kier alpha value is -2.10. The second kappa shape index (κ2) is 7.65. The summed E-state index contributed by atoms with van der Waals surface area (Å²) in [6, 6.07) is 0. The Bertz CT molecular complexity index is 637. The van der Waals surface area contributed by atoms with Gasteiger partial charge in [0.15, 0.2) is 11.2 Å². The molecular weight excluding hydrogens is 328 g/mol. The zero-order chi connectivity index (χ0) is 18.6. The first-order chi connectivity index (χ1) is 12.4. The van der Waals surface area contributed by atoms with Gasteiger partial charge in [-0.25, -0.2) is 0 Å². The van der Waals surface area contributed by atoms with E-state index in [1.807, 2.05) is 38.2 Å². The number of fused-ring (bicyclic) bond motifs is 4. The average Bonchev–Trinajstić information content (AvgIpc) is 3.03. The third-order valence-corrected chi connectivity index (χ3v) is 5.39. The summed E-state index contributed by atoms with van der Waals surface area (Å²) in [6.07, 6.45) is 18.0. The molecule has 0 fully saturated rings. The molecule has 0 aliphatic carbocycles. The molecule has 0 N–H and O–H groups in total. The molecule has 0 spiro atoms. The van der Waals surface area contributed by atoms with Crippen molar-refractivity contribution in [2.75, 3.05) is 0 Å². The molecule has 4 heteroatoms. The van der Waals surface area contributed by atoms with Crippen molar-refractivity contribution in [2.24, 2.45) is 0 Å². The Kier molecular flexibility index (Phi) is 5.49. The highest BCUT2D eigenvalue weighted by Gasteiger charge is 2.39. The third-order valence-electron chi connectivity index (χ3n) is 5.39. The van der Waals surface area contributed by atoms with Crippen molar-refractivity contribution >= 4 is 11.6 Å². The summed E-state index contributed by atoms with van der Waals surface area (Å²) in [5.41, 5.74) is -1.44. The Morgan fingerprint density at radius 3 is 1.58 bits per heavy atom. The number of carbonyl (C=O) groups is 2. The maximum Gasteiger partial charge on any atom is 0.202 e. The first-order valence-electron chi connectivity index (χ1n) is 9.65. The van der Waals surface area contributed by atoms with E-state index in [1.165, 1.54) is 0 Å². The molecule has 3 heterocycles. The van der Waals surface area contributed by atoms with Crippen molar-refractivity contribution in [3.63, 3.8) is 0 Å². The molecule has 26 heavy (non-hydrogen) atoms. The third kappa shape index (κ3) is 4.17. The van der Waals surface area contributed by atoms with E-state index in [9.17, 15) is 9.59 Å². The highest BCUT2D eigenvalue weighted by molar-refractivity contribution is 6.00. The fraction of sp³-hybridized carbons (Fsp3) is 0.545. The zero-order valence-corrected chi connectivity index (χ0v) is 15.8. The van der Waals surface area contributed by atoms with Gasteiger partial charge in [-0.2, -0.15) is 0 Å². The van der Waals surface area contributed by atoms with Gasteiger partial charge in [0.05, 0.1) is 0 Å². The fourth-order valence-corrected chi connectivity index (χ4v) is 3.60. The van der Waals surface area contributed by atoms with Crippen LogP contribution in [0.2, 0.25) is 0 Å². The second-order valence-corrected chi connectivity index (χ2v) is 7.78. The molecule has 2 atom stereocenters. The van der Waals surface area contributed by atoms with Crippen LogP contribution in [0, 0.1) is 0 Å². The molecule has 3 aliphatic rings. The predicted octanol–water partition coefficient (Wildman–Crippen LogP) is 4.72. The van der Waals surface area contributed by atoms with Crippen LogP contribution < -0.4 is 0 Å². The molecular formula is C22H28O4. The minimum absolute atomic E-state index is 0.0629. The Morgan fingerprint density at radius 1 is 0.731 bits per heavy atom. The van der Waals surface area contributed by atoms with Crippen LogP contribution in [0.4, 0.5) is 0 Å². The predicted molar refractivity (Wildman–Crippen MR) is 100 cm³/mol. The summed E-state index contributed by atoms with van der Waals surface area (Å²) in [6.45, 7) is 3.76. The lowest BCUT2D eigenvalue weighted by Gasteiger charge is -2.23. The van der Waals surface area contributed by atoms with Gasteiger partial charge in [0.25, 0.3) is 0 Å². The SMILES string of the molecule is C[C@]12CCCC/C=C\C3=CC(=O)[C@](C)(CCCC/C=C\C(=CC1=O)O2)O3. The minimum atomic E-state index is -0.722. The molecule has 0 aromatic carbocycles. The van der Waals surface area contributed by atoms with Crippen LogP contribution in [0.1, 0.15) is 65.2 Å². The molecule has 0 aromatic heterocycles. The average molecular weight is 356 g/mol. The van der Waals surface area contributed by atoms with Crippen molar-refractivity contribution < 1.29 is 19.1 Å². The highest BCUT2D eigenvalue weighted by atomic mass is 16.5. The molecule has 4 bridgehead atoms. The van der Waals surface area contributed by atoms with Crippen molar-refractivity contribution in [2.45, 2.75) is 76.4 Å². The summed E-state index contributed by atoms with van der Waals surface area (Å²) < 4.78 is 11.8. The quantitative estimate of drug-likeness (QED) is 0.630. The fourth-order valence-electron chi connectivity index (χ4n) is 3.60. The van der Waals surface area contributed by atoms with Gasteiger partial charge in [-0.15, -0.1) is 0 Å². The molecule has 0 saturated carbocycles. The van der Waals surface area contributed by atoms with Crippen LogP contribution in [-0.2, 0) is 19.1 Å². The summed E-state index contributed by atoms with van der Waals surface area (Å²) in [5, 5.41) is 0. The molecule has 4 nitrogen and oxygen atoms in total. The van der Waals surface area contributed by atoms with Crippen LogP contribution in [0.15, 0.2) is 48.0 Å². The van der Waals surface area contributed by atoms with E-state index >= 15 is 0 Å². The molecule has 3 rings (SSSR count). The Balaban J connectivity index is 1.67. The van der Waals surface area contributed by atoms with E-state index in [0.29, 0.717) is 24.4 Å². The van der Waals surface area contributed by atoms with Gasteiger partial charge in [-0.1, -0.05) is 12.2 Å². The summed E-state index contributed by atoms with van der Waals surface area (Å²) in [4.78, 5) is 24.5. The Labute approximate surface area is 155 Å². The van der Waals surface area contributed by atoms with E-state index in [1.54, 1.807) is 12.2 Å². The van der Waals surface area contributed by atoms with Crippen LogP contribution in [0.3, 0.4) is 0 Å². The first-order valence-corrected chi connectivity index (χ1v) is 9.65. The molecule has 0 unspecified atom stereocenters. The highest BCUT2D eigenvalue weighted by Crippen LogP contribution is 2.32. The van der Waals surface area contributed by atoms with Gasteiger partial charge in [-0.3, -0.25) is 9.59 Å². The number of rotatable bonds is 0. The topological polar surface area (TPSA) is 52.6 Å². The van der Waals surface area contributed by atoms with Crippen molar-refractivity contribution in [1.29, 1.82) is 0 Å². The normalized spacial score (nSPS) is 35.5. The van der Waals surface area contributed by atoms with E-state index < -0.39 is 11.2 Å². The molecule has 140 valence electrons. The molecule has 3 aliphatic heterocycles.